The fourth-order valence-corrected chi connectivity index (χ4v) is 1.99. The van der Waals surface area contributed by atoms with Crippen LogP contribution < -0.4 is 11.5 Å². The van der Waals surface area contributed by atoms with Gasteiger partial charge in [0.05, 0.1) is 17.1 Å². The van der Waals surface area contributed by atoms with E-state index < -0.39 is 0 Å². The van der Waals surface area contributed by atoms with Gasteiger partial charge in [0, 0.05) is 6.54 Å². The van der Waals surface area contributed by atoms with Gasteiger partial charge in [-0.3, -0.25) is 9.69 Å². The summed E-state index contributed by atoms with van der Waals surface area (Å²) in [4.78, 5) is 13.4. The number of primary amides is 1. The number of rotatable bonds is 4. The van der Waals surface area contributed by atoms with E-state index in [-0.39, 0.29) is 18.0 Å². The number of carbonyl (C=O) groups is 1. The Morgan fingerprint density at radius 2 is 2.31 bits per heavy atom. The number of nitrogens with two attached hydrogens (primary N) is 2. The third-order valence-corrected chi connectivity index (χ3v) is 2.78. The van der Waals surface area contributed by atoms with Gasteiger partial charge in [0.25, 0.3) is 0 Å². The topological polar surface area (TPSA) is 72.3 Å². The Morgan fingerprint density at radius 1 is 1.69 bits per heavy atom. The van der Waals surface area contributed by atoms with Crippen molar-refractivity contribution < 1.29 is 4.79 Å². The molecular weight excluding hydrogens is 186 g/mol. The maximum Gasteiger partial charge on any atom is 0.234 e. The molecule has 0 bridgehead atoms. The van der Waals surface area contributed by atoms with E-state index in [0.29, 0.717) is 4.99 Å². The average molecular weight is 201 g/mol. The lowest BCUT2D eigenvalue weighted by molar-refractivity contribution is -0.128. The minimum Gasteiger partial charge on any atom is -0.392 e. The van der Waals surface area contributed by atoms with Gasteiger partial charge in [0.1, 0.15) is 0 Å². The highest BCUT2D eigenvalue weighted by atomic mass is 32.1. The Morgan fingerprint density at radius 3 is 2.54 bits per heavy atom. The van der Waals surface area contributed by atoms with E-state index in [4.69, 9.17) is 23.7 Å². The summed E-state index contributed by atoms with van der Waals surface area (Å²) in [7, 11) is 0. The Hall–Kier alpha value is -0.680. The van der Waals surface area contributed by atoms with Gasteiger partial charge in [-0.05, 0) is 12.8 Å². The van der Waals surface area contributed by atoms with Crippen LogP contribution in [0.1, 0.15) is 19.8 Å². The molecule has 13 heavy (non-hydrogen) atoms. The van der Waals surface area contributed by atoms with Crippen molar-refractivity contribution >= 4 is 23.1 Å². The molecule has 5 heteroatoms. The molecule has 0 spiro atoms. The maximum absolute atomic E-state index is 10.9. The quantitative estimate of drug-likeness (QED) is 0.608. The van der Waals surface area contributed by atoms with Crippen LogP contribution in [-0.2, 0) is 4.79 Å². The molecule has 1 amide bonds. The minimum absolute atomic E-state index is 0.0289. The van der Waals surface area contributed by atoms with Gasteiger partial charge in [-0.25, -0.2) is 0 Å². The van der Waals surface area contributed by atoms with Crippen LogP contribution in [0.15, 0.2) is 0 Å². The van der Waals surface area contributed by atoms with Crippen molar-refractivity contribution in [2.45, 2.75) is 31.8 Å². The molecule has 1 heterocycles. The number of hydrogen-bond acceptors (Lipinski definition) is 3. The van der Waals surface area contributed by atoms with Crippen molar-refractivity contribution in [2.24, 2.45) is 11.5 Å². The second kappa shape index (κ2) is 4.02. The average Bonchev–Trinajstić information content (AvgIpc) is 1.95. The van der Waals surface area contributed by atoms with Gasteiger partial charge in [0.15, 0.2) is 0 Å². The van der Waals surface area contributed by atoms with Gasteiger partial charge in [-0.2, -0.15) is 0 Å². The Balaban J connectivity index is 2.60. The van der Waals surface area contributed by atoms with Crippen molar-refractivity contribution in [1.82, 2.24) is 4.90 Å². The zero-order valence-electron chi connectivity index (χ0n) is 7.69. The molecule has 74 valence electrons. The van der Waals surface area contributed by atoms with E-state index in [0.717, 1.165) is 19.4 Å². The highest BCUT2D eigenvalue weighted by Gasteiger charge is 2.37. The molecule has 2 atom stereocenters. The van der Waals surface area contributed by atoms with Gasteiger partial charge < -0.3 is 11.5 Å². The largest absolute Gasteiger partial charge is 0.392 e. The van der Waals surface area contributed by atoms with E-state index in [1.165, 1.54) is 0 Å². The first kappa shape index (κ1) is 10.4. The number of carbonyl (C=O) groups excluding carboxylic acids is 1. The lowest BCUT2D eigenvalue weighted by atomic mass is 9.98. The van der Waals surface area contributed by atoms with Crippen molar-refractivity contribution in [3.8, 4) is 0 Å². The van der Waals surface area contributed by atoms with E-state index in [9.17, 15) is 4.79 Å². The molecule has 0 aliphatic carbocycles. The monoisotopic (exact) mass is 201 g/mol. The molecule has 0 aromatic rings. The van der Waals surface area contributed by atoms with Gasteiger partial charge in [-0.1, -0.05) is 19.1 Å². The highest BCUT2D eigenvalue weighted by Crippen LogP contribution is 2.22. The fourth-order valence-electron chi connectivity index (χ4n) is 1.69. The summed E-state index contributed by atoms with van der Waals surface area (Å²) in [5.41, 5.74) is 10.8. The van der Waals surface area contributed by atoms with Crippen LogP contribution >= 0.6 is 12.2 Å². The predicted molar refractivity (Wildman–Crippen MR) is 55.2 cm³/mol. The lowest BCUT2D eigenvalue weighted by Crippen LogP contribution is -2.61. The molecule has 1 saturated heterocycles. The summed E-state index contributed by atoms with van der Waals surface area (Å²) in [6.45, 7) is 2.86. The first-order valence-electron chi connectivity index (χ1n) is 4.42. The zero-order valence-corrected chi connectivity index (χ0v) is 8.51. The van der Waals surface area contributed by atoms with Crippen molar-refractivity contribution in [3.05, 3.63) is 0 Å². The second-order valence-electron chi connectivity index (χ2n) is 3.27. The van der Waals surface area contributed by atoms with Crippen LogP contribution in [0, 0.1) is 0 Å². The molecule has 1 fully saturated rings. The van der Waals surface area contributed by atoms with Crippen molar-refractivity contribution in [3.63, 3.8) is 0 Å². The first-order chi connectivity index (χ1) is 6.07. The molecule has 0 aromatic heterocycles. The van der Waals surface area contributed by atoms with E-state index >= 15 is 0 Å². The number of thiocarbonyl (C=S) groups is 1. The molecule has 1 rings (SSSR count). The Kier molecular flexibility index (Phi) is 3.22. The van der Waals surface area contributed by atoms with Gasteiger partial charge in [-0.15, -0.1) is 0 Å². The standard InChI is InChI=1S/C8H15N3OS/c1-2-5(8(10)13)11-4-3-6(11)7(9)12/h5-6H,2-4H2,1H3,(H2,9,12)(H2,10,13). The van der Waals surface area contributed by atoms with Crippen LogP contribution in [0.25, 0.3) is 0 Å². The molecule has 0 aromatic carbocycles. The number of hydrogen-bond donors (Lipinski definition) is 2. The van der Waals surface area contributed by atoms with E-state index in [2.05, 4.69) is 0 Å². The summed E-state index contributed by atoms with van der Waals surface area (Å²) in [6, 6.07) is -0.132. The second-order valence-corrected chi connectivity index (χ2v) is 3.74. The van der Waals surface area contributed by atoms with Crippen LogP contribution in [0.5, 0.6) is 0 Å². The molecular formula is C8H15N3OS. The molecule has 0 radical (unpaired) electrons. The third kappa shape index (κ3) is 1.97. The molecule has 1 aliphatic heterocycles. The summed E-state index contributed by atoms with van der Waals surface area (Å²) < 4.78 is 0. The number of amides is 1. The highest BCUT2D eigenvalue weighted by molar-refractivity contribution is 7.80. The van der Waals surface area contributed by atoms with Crippen molar-refractivity contribution in [1.29, 1.82) is 0 Å². The maximum atomic E-state index is 10.9. The van der Waals surface area contributed by atoms with Crippen molar-refractivity contribution in [2.75, 3.05) is 6.54 Å². The normalized spacial score (nSPS) is 24.8. The van der Waals surface area contributed by atoms with E-state index in [1.807, 2.05) is 11.8 Å². The van der Waals surface area contributed by atoms with Gasteiger partial charge in [0.2, 0.25) is 5.91 Å². The number of likely N-dealkylation sites (tertiary alicyclic amines) is 1. The van der Waals surface area contributed by atoms with Crippen LogP contribution in [-0.4, -0.2) is 34.4 Å². The van der Waals surface area contributed by atoms with Crippen LogP contribution in [0.2, 0.25) is 0 Å². The minimum atomic E-state index is -0.277. The molecule has 4 nitrogen and oxygen atoms in total. The molecule has 4 N–H and O–H groups in total. The number of nitrogens with zero attached hydrogens (tertiary/aromatic N) is 1. The Bertz CT molecular complexity index is 231. The zero-order chi connectivity index (χ0) is 10.0. The fraction of sp³-hybridized carbons (Fsp3) is 0.750. The summed E-state index contributed by atoms with van der Waals surface area (Å²) in [5, 5.41) is 0. The lowest BCUT2D eigenvalue weighted by Gasteiger charge is -2.43. The molecule has 1 aliphatic rings. The third-order valence-electron chi connectivity index (χ3n) is 2.50. The van der Waals surface area contributed by atoms with Crippen LogP contribution in [0.3, 0.4) is 0 Å². The Labute approximate surface area is 83.2 Å². The predicted octanol–water partition coefficient (Wildman–Crippen LogP) is -0.389. The SMILES string of the molecule is CCC(C(N)=S)N1CCC1C(N)=O. The van der Waals surface area contributed by atoms with Gasteiger partial charge >= 0.3 is 0 Å². The van der Waals surface area contributed by atoms with E-state index in [1.54, 1.807) is 0 Å². The smallest absolute Gasteiger partial charge is 0.234 e. The van der Waals surface area contributed by atoms with Crippen LogP contribution in [0.4, 0.5) is 0 Å². The molecule has 0 saturated carbocycles. The molecule has 2 unspecified atom stereocenters. The summed E-state index contributed by atoms with van der Waals surface area (Å²) >= 11 is 4.92. The summed E-state index contributed by atoms with van der Waals surface area (Å²) in [6.07, 6.45) is 1.66. The first-order valence-corrected chi connectivity index (χ1v) is 4.83. The summed E-state index contributed by atoms with van der Waals surface area (Å²) in [5.74, 6) is -0.277.